The van der Waals surface area contributed by atoms with Gasteiger partial charge in [0.25, 0.3) is 5.91 Å². The second-order valence-corrected chi connectivity index (χ2v) is 5.41. The van der Waals surface area contributed by atoms with E-state index in [0.717, 1.165) is 31.3 Å². The summed E-state index contributed by atoms with van der Waals surface area (Å²) in [5.41, 5.74) is -0.0563. The summed E-state index contributed by atoms with van der Waals surface area (Å²) >= 11 is 0. The summed E-state index contributed by atoms with van der Waals surface area (Å²) in [6.45, 7) is -1.39. The second kappa shape index (κ2) is 5.17. The lowest BCUT2D eigenvalue weighted by Crippen LogP contribution is -2.35. The molecule has 0 aliphatic rings. The third-order valence-electron chi connectivity index (χ3n) is 2.19. The van der Waals surface area contributed by atoms with Crippen molar-refractivity contribution in [1.29, 1.82) is 0 Å². The van der Waals surface area contributed by atoms with Crippen molar-refractivity contribution >= 4 is 15.9 Å². The number of rotatable bonds is 3. The summed E-state index contributed by atoms with van der Waals surface area (Å²) < 4.78 is 58.3. The summed E-state index contributed by atoms with van der Waals surface area (Å²) in [6.07, 6.45) is -4.50. The minimum absolute atomic E-state index is 0.0563. The smallest absolute Gasteiger partial charge is 0.333 e. The number of hydrogen-bond donors (Lipinski definition) is 1. The highest BCUT2D eigenvalue weighted by Gasteiger charge is 2.31. The molecule has 2 N–H and O–H groups in total. The highest BCUT2D eigenvalue weighted by Crippen LogP contribution is 2.17. The van der Waals surface area contributed by atoms with Gasteiger partial charge in [0.1, 0.15) is 6.54 Å². The molecule has 0 atom stereocenters. The van der Waals surface area contributed by atoms with Crippen LogP contribution in [0.1, 0.15) is 10.4 Å². The van der Waals surface area contributed by atoms with Crippen LogP contribution in [-0.2, 0) is 10.0 Å². The second-order valence-electron chi connectivity index (χ2n) is 3.85. The van der Waals surface area contributed by atoms with Gasteiger partial charge in [-0.15, -0.1) is 0 Å². The number of primary sulfonamides is 1. The van der Waals surface area contributed by atoms with Crippen molar-refractivity contribution in [2.24, 2.45) is 5.14 Å². The van der Waals surface area contributed by atoms with Crippen molar-refractivity contribution in [1.82, 2.24) is 4.90 Å². The van der Waals surface area contributed by atoms with Crippen LogP contribution in [0.5, 0.6) is 0 Å². The molecule has 0 radical (unpaired) electrons. The van der Waals surface area contributed by atoms with Crippen molar-refractivity contribution in [3.63, 3.8) is 0 Å². The topological polar surface area (TPSA) is 80.5 Å². The van der Waals surface area contributed by atoms with Gasteiger partial charge in [-0.2, -0.15) is 13.2 Å². The van der Waals surface area contributed by atoms with Crippen molar-refractivity contribution in [3.8, 4) is 0 Å². The number of alkyl halides is 3. The fourth-order valence-corrected chi connectivity index (χ4v) is 1.86. The summed E-state index contributed by atoms with van der Waals surface area (Å²) in [7, 11) is -2.90. The molecule has 5 nitrogen and oxygen atoms in total. The Morgan fingerprint density at radius 1 is 1.26 bits per heavy atom. The third kappa shape index (κ3) is 4.52. The molecule has 1 aromatic carbocycles. The van der Waals surface area contributed by atoms with Gasteiger partial charge in [-0.05, 0) is 24.3 Å². The maximum atomic E-state index is 12.1. The minimum Gasteiger partial charge on any atom is -0.333 e. The van der Waals surface area contributed by atoms with Crippen LogP contribution in [-0.4, -0.2) is 39.0 Å². The zero-order chi connectivity index (χ0) is 14.8. The number of halogens is 3. The van der Waals surface area contributed by atoms with E-state index in [4.69, 9.17) is 5.14 Å². The van der Waals surface area contributed by atoms with Gasteiger partial charge in [0.2, 0.25) is 10.0 Å². The van der Waals surface area contributed by atoms with E-state index < -0.39 is 28.7 Å². The van der Waals surface area contributed by atoms with E-state index in [0.29, 0.717) is 4.90 Å². The van der Waals surface area contributed by atoms with E-state index in [1.165, 1.54) is 0 Å². The number of carbonyl (C=O) groups is 1. The van der Waals surface area contributed by atoms with Crippen molar-refractivity contribution < 1.29 is 26.4 Å². The highest BCUT2D eigenvalue weighted by molar-refractivity contribution is 7.89. The zero-order valence-corrected chi connectivity index (χ0v) is 10.6. The maximum absolute atomic E-state index is 12.1. The minimum atomic E-state index is -4.50. The molecule has 0 aliphatic carbocycles. The lowest BCUT2D eigenvalue weighted by atomic mass is 10.2. The van der Waals surface area contributed by atoms with Gasteiger partial charge < -0.3 is 4.90 Å². The quantitative estimate of drug-likeness (QED) is 0.902. The standard InChI is InChI=1S/C10H11F3N2O3S/c1-15(6-10(11,12)13)9(16)7-2-4-8(5-3-7)19(14,17)18/h2-5H,6H2,1H3,(H2,14,17,18). The lowest BCUT2D eigenvalue weighted by Gasteiger charge is -2.18. The van der Waals surface area contributed by atoms with Gasteiger partial charge in [0.15, 0.2) is 0 Å². The average molecular weight is 296 g/mol. The highest BCUT2D eigenvalue weighted by atomic mass is 32.2. The first-order valence-electron chi connectivity index (χ1n) is 4.96. The molecule has 0 bridgehead atoms. The Kier molecular flexibility index (Phi) is 4.21. The number of hydrogen-bond acceptors (Lipinski definition) is 3. The largest absolute Gasteiger partial charge is 0.406 e. The first kappa shape index (κ1) is 15.4. The van der Waals surface area contributed by atoms with Crippen molar-refractivity contribution in [3.05, 3.63) is 29.8 Å². The first-order valence-corrected chi connectivity index (χ1v) is 6.50. The summed E-state index contributed by atoms with van der Waals surface area (Å²) in [5.74, 6) is -0.863. The molecular formula is C10H11F3N2O3S. The Morgan fingerprint density at radius 2 is 1.74 bits per heavy atom. The molecule has 1 rings (SSSR count). The SMILES string of the molecule is CN(CC(F)(F)F)C(=O)c1ccc(S(N)(=O)=O)cc1. The van der Waals surface area contributed by atoms with Gasteiger partial charge in [0.05, 0.1) is 4.90 Å². The molecule has 9 heteroatoms. The molecule has 0 spiro atoms. The van der Waals surface area contributed by atoms with Gasteiger partial charge in [0, 0.05) is 12.6 Å². The molecule has 0 fully saturated rings. The zero-order valence-electron chi connectivity index (χ0n) is 9.81. The molecule has 0 saturated carbocycles. The van der Waals surface area contributed by atoms with E-state index in [-0.39, 0.29) is 10.5 Å². The van der Waals surface area contributed by atoms with Gasteiger partial charge in [-0.1, -0.05) is 0 Å². The Bertz CT molecular complexity index is 567. The summed E-state index contributed by atoms with van der Waals surface area (Å²) in [4.78, 5) is 11.9. The Hall–Kier alpha value is -1.61. The van der Waals surface area contributed by atoms with Crippen LogP contribution in [0.4, 0.5) is 13.2 Å². The Labute approximate surface area is 107 Å². The van der Waals surface area contributed by atoms with Crippen LogP contribution in [0.25, 0.3) is 0 Å². The molecule has 19 heavy (non-hydrogen) atoms. The van der Waals surface area contributed by atoms with E-state index in [2.05, 4.69) is 0 Å². The number of nitrogens with two attached hydrogens (primary N) is 1. The Morgan fingerprint density at radius 3 is 2.11 bits per heavy atom. The monoisotopic (exact) mass is 296 g/mol. The molecule has 0 saturated heterocycles. The van der Waals surface area contributed by atoms with Gasteiger partial charge >= 0.3 is 6.18 Å². The maximum Gasteiger partial charge on any atom is 0.406 e. The molecular weight excluding hydrogens is 285 g/mol. The van der Waals surface area contributed by atoms with Crippen LogP contribution in [0.2, 0.25) is 0 Å². The predicted octanol–water partition coefficient (Wildman–Crippen LogP) is 0.968. The first-order chi connectivity index (χ1) is 8.50. The van der Waals surface area contributed by atoms with Crippen molar-refractivity contribution in [2.45, 2.75) is 11.1 Å². The number of benzene rings is 1. The predicted molar refractivity (Wildman–Crippen MR) is 60.8 cm³/mol. The van der Waals surface area contributed by atoms with Crippen LogP contribution < -0.4 is 5.14 Å². The summed E-state index contributed by atoms with van der Waals surface area (Å²) in [5, 5.41) is 4.85. The lowest BCUT2D eigenvalue weighted by molar-refractivity contribution is -0.138. The molecule has 106 valence electrons. The van der Waals surface area contributed by atoms with E-state index >= 15 is 0 Å². The number of sulfonamides is 1. The molecule has 1 aromatic rings. The Balaban J connectivity index is 2.90. The fraction of sp³-hybridized carbons (Fsp3) is 0.300. The molecule has 0 aromatic heterocycles. The van der Waals surface area contributed by atoms with E-state index in [9.17, 15) is 26.4 Å². The van der Waals surface area contributed by atoms with E-state index in [1.54, 1.807) is 0 Å². The van der Waals surface area contributed by atoms with Crippen LogP contribution in [0, 0.1) is 0 Å². The average Bonchev–Trinajstić information content (AvgIpc) is 2.24. The van der Waals surface area contributed by atoms with Gasteiger partial charge in [-0.3, -0.25) is 4.79 Å². The van der Waals surface area contributed by atoms with Crippen LogP contribution in [0.15, 0.2) is 29.2 Å². The van der Waals surface area contributed by atoms with Crippen molar-refractivity contribution in [2.75, 3.05) is 13.6 Å². The van der Waals surface area contributed by atoms with Crippen LogP contribution >= 0.6 is 0 Å². The molecule has 1 amide bonds. The van der Waals surface area contributed by atoms with Gasteiger partial charge in [-0.25, -0.2) is 13.6 Å². The number of amides is 1. The molecule has 0 aliphatic heterocycles. The normalized spacial score (nSPS) is 12.3. The van der Waals surface area contributed by atoms with Crippen LogP contribution in [0.3, 0.4) is 0 Å². The third-order valence-corrected chi connectivity index (χ3v) is 3.12. The fourth-order valence-electron chi connectivity index (χ4n) is 1.35. The molecule has 0 heterocycles. The summed E-state index contributed by atoms with van der Waals surface area (Å²) in [6, 6.07) is 4.33. The number of carbonyl (C=O) groups excluding carboxylic acids is 1. The number of nitrogens with zero attached hydrogens (tertiary/aromatic N) is 1. The van der Waals surface area contributed by atoms with E-state index in [1.807, 2.05) is 0 Å². The molecule has 0 unspecified atom stereocenters.